The average molecular weight is 223 g/mol. The lowest BCUT2D eigenvalue weighted by Gasteiger charge is -1.98. The van der Waals surface area contributed by atoms with Crippen molar-refractivity contribution >= 4 is 34.0 Å². The SMILES string of the molecule is CSc1cnc(Nc2ccccn2)s1. The summed E-state index contributed by atoms with van der Waals surface area (Å²) in [5.41, 5.74) is 0. The molecule has 1 N–H and O–H groups in total. The van der Waals surface area contributed by atoms with Gasteiger partial charge in [-0.2, -0.15) is 0 Å². The molecule has 0 unspecified atom stereocenters. The molecule has 2 aromatic rings. The monoisotopic (exact) mass is 223 g/mol. The van der Waals surface area contributed by atoms with Crippen LogP contribution in [0.2, 0.25) is 0 Å². The first kappa shape index (κ1) is 9.48. The van der Waals surface area contributed by atoms with Crippen molar-refractivity contribution < 1.29 is 0 Å². The Morgan fingerprint density at radius 2 is 2.29 bits per heavy atom. The lowest BCUT2D eigenvalue weighted by molar-refractivity contribution is 1.28. The molecule has 0 bridgehead atoms. The van der Waals surface area contributed by atoms with E-state index in [0.717, 1.165) is 10.9 Å². The first-order valence-corrected chi connectivity index (χ1v) is 6.10. The minimum Gasteiger partial charge on any atom is -0.316 e. The largest absolute Gasteiger partial charge is 0.316 e. The summed E-state index contributed by atoms with van der Waals surface area (Å²) in [4.78, 5) is 8.39. The molecule has 5 heteroatoms. The topological polar surface area (TPSA) is 37.8 Å². The maximum absolute atomic E-state index is 4.23. The molecule has 0 saturated carbocycles. The Labute approximate surface area is 90.6 Å². The van der Waals surface area contributed by atoms with Gasteiger partial charge in [0.15, 0.2) is 5.13 Å². The lowest BCUT2D eigenvalue weighted by atomic mass is 10.5. The number of thioether (sulfide) groups is 1. The molecule has 0 atom stereocenters. The molecule has 0 aliphatic heterocycles. The highest BCUT2D eigenvalue weighted by molar-refractivity contribution is 8.00. The van der Waals surface area contributed by atoms with Crippen LogP contribution in [0, 0.1) is 0 Å². The van der Waals surface area contributed by atoms with Crippen LogP contribution in [0.3, 0.4) is 0 Å². The Morgan fingerprint density at radius 1 is 1.36 bits per heavy atom. The maximum Gasteiger partial charge on any atom is 0.189 e. The van der Waals surface area contributed by atoms with Crippen molar-refractivity contribution in [1.82, 2.24) is 9.97 Å². The van der Waals surface area contributed by atoms with Gasteiger partial charge in [0.1, 0.15) is 5.82 Å². The van der Waals surface area contributed by atoms with Gasteiger partial charge < -0.3 is 5.32 Å². The van der Waals surface area contributed by atoms with E-state index in [1.54, 1.807) is 29.3 Å². The number of hydrogen-bond donors (Lipinski definition) is 1. The molecule has 0 amide bonds. The molecule has 0 radical (unpaired) electrons. The number of rotatable bonds is 3. The summed E-state index contributed by atoms with van der Waals surface area (Å²) in [5, 5.41) is 4.02. The van der Waals surface area contributed by atoms with E-state index in [1.807, 2.05) is 30.7 Å². The second kappa shape index (κ2) is 4.43. The normalized spacial score (nSPS) is 10.1. The smallest absolute Gasteiger partial charge is 0.189 e. The standard InChI is InChI=1S/C9H9N3S2/c1-13-8-6-11-9(14-8)12-7-4-2-3-5-10-7/h2-6H,1H3,(H,10,11,12). The summed E-state index contributed by atoms with van der Waals surface area (Å²) in [5.74, 6) is 0.828. The van der Waals surface area contributed by atoms with Crippen LogP contribution < -0.4 is 5.32 Å². The number of aromatic nitrogens is 2. The van der Waals surface area contributed by atoms with Gasteiger partial charge in [0.05, 0.1) is 10.4 Å². The minimum absolute atomic E-state index is 0.828. The van der Waals surface area contributed by atoms with E-state index in [0.29, 0.717) is 0 Å². The molecule has 14 heavy (non-hydrogen) atoms. The Morgan fingerprint density at radius 3 is 2.93 bits per heavy atom. The predicted octanol–water partition coefficient (Wildman–Crippen LogP) is 3.00. The average Bonchev–Trinajstić information content (AvgIpc) is 2.67. The van der Waals surface area contributed by atoms with Crippen molar-refractivity contribution in [3.8, 4) is 0 Å². The highest BCUT2D eigenvalue weighted by Gasteiger charge is 2.00. The number of thiazole rings is 1. The van der Waals surface area contributed by atoms with Gasteiger partial charge in [-0.1, -0.05) is 17.4 Å². The molecule has 0 aliphatic rings. The molecular formula is C9H9N3S2. The summed E-state index contributed by atoms with van der Waals surface area (Å²) in [6.45, 7) is 0. The van der Waals surface area contributed by atoms with Crippen molar-refractivity contribution in [2.24, 2.45) is 0 Å². The van der Waals surface area contributed by atoms with Gasteiger partial charge in [-0.25, -0.2) is 9.97 Å². The molecule has 72 valence electrons. The van der Waals surface area contributed by atoms with Gasteiger partial charge in [-0.05, 0) is 18.4 Å². The minimum atomic E-state index is 0.828. The second-order valence-corrected chi connectivity index (χ2v) is 4.67. The Hall–Kier alpha value is -1.07. The van der Waals surface area contributed by atoms with Crippen molar-refractivity contribution in [3.63, 3.8) is 0 Å². The lowest BCUT2D eigenvalue weighted by Crippen LogP contribution is -1.90. The first-order valence-electron chi connectivity index (χ1n) is 4.06. The quantitative estimate of drug-likeness (QED) is 0.812. The van der Waals surface area contributed by atoms with Crippen molar-refractivity contribution in [3.05, 3.63) is 30.6 Å². The van der Waals surface area contributed by atoms with Gasteiger partial charge in [-0.3, -0.25) is 0 Å². The first-order chi connectivity index (χ1) is 6.88. The van der Waals surface area contributed by atoms with Crippen molar-refractivity contribution in [2.45, 2.75) is 4.21 Å². The van der Waals surface area contributed by atoms with Gasteiger partial charge in [0, 0.05) is 6.20 Å². The van der Waals surface area contributed by atoms with Crippen LogP contribution in [-0.2, 0) is 0 Å². The van der Waals surface area contributed by atoms with E-state index in [4.69, 9.17) is 0 Å². The molecule has 0 aliphatic carbocycles. The third-order valence-corrected chi connectivity index (χ3v) is 3.55. The van der Waals surface area contributed by atoms with E-state index >= 15 is 0 Å². The number of nitrogens with zero attached hydrogens (tertiary/aromatic N) is 2. The Bertz CT molecular complexity index is 399. The number of anilines is 2. The summed E-state index contributed by atoms with van der Waals surface area (Å²) < 4.78 is 1.20. The third-order valence-electron chi connectivity index (χ3n) is 1.59. The molecule has 0 saturated heterocycles. The molecule has 2 heterocycles. The van der Waals surface area contributed by atoms with E-state index in [1.165, 1.54) is 4.21 Å². The molecule has 0 aromatic carbocycles. The van der Waals surface area contributed by atoms with Crippen LogP contribution in [0.5, 0.6) is 0 Å². The summed E-state index contributed by atoms with van der Waals surface area (Å²) >= 11 is 3.32. The number of nitrogens with one attached hydrogen (secondary N) is 1. The Kier molecular flexibility index (Phi) is 3.00. The highest BCUT2D eigenvalue weighted by atomic mass is 32.2. The van der Waals surface area contributed by atoms with E-state index in [9.17, 15) is 0 Å². The second-order valence-electron chi connectivity index (χ2n) is 2.53. The van der Waals surface area contributed by atoms with Gasteiger partial charge in [0.2, 0.25) is 0 Å². The molecular weight excluding hydrogens is 214 g/mol. The fourth-order valence-electron chi connectivity index (χ4n) is 0.958. The van der Waals surface area contributed by atoms with Gasteiger partial charge in [0.25, 0.3) is 0 Å². The van der Waals surface area contributed by atoms with Crippen molar-refractivity contribution in [1.29, 1.82) is 0 Å². The third kappa shape index (κ3) is 2.24. The van der Waals surface area contributed by atoms with E-state index in [2.05, 4.69) is 15.3 Å². The fourth-order valence-corrected chi connectivity index (χ4v) is 2.24. The van der Waals surface area contributed by atoms with Gasteiger partial charge >= 0.3 is 0 Å². The van der Waals surface area contributed by atoms with Gasteiger partial charge in [-0.15, -0.1) is 11.8 Å². The fraction of sp³-hybridized carbons (Fsp3) is 0.111. The zero-order chi connectivity index (χ0) is 9.80. The Balaban J connectivity index is 2.11. The number of pyridine rings is 1. The molecule has 0 fully saturated rings. The van der Waals surface area contributed by atoms with Crippen LogP contribution in [0.15, 0.2) is 34.8 Å². The molecule has 3 nitrogen and oxygen atoms in total. The van der Waals surface area contributed by atoms with Crippen molar-refractivity contribution in [2.75, 3.05) is 11.6 Å². The van der Waals surface area contributed by atoms with E-state index in [-0.39, 0.29) is 0 Å². The number of hydrogen-bond acceptors (Lipinski definition) is 5. The van der Waals surface area contributed by atoms with Crippen LogP contribution in [-0.4, -0.2) is 16.2 Å². The molecule has 2 rings (SSSR count). The zero-order valence-electron chi connectivity index (χ0n) is 7.60. The molecule has 0 spiro atoms. The summed E-state index contributed by atoms with van der Waals surface area (Å²) in [7, 11) is 0. The highest BCUT2D eigenvalue weighted by Crippen LogP contribution is 2.27. The van der Waals surface area contributed by atoms with E-state index < -0.39 is 0 Å². The zero-order valence-corrected chi connectivity index (χ0v) is 9.23. The van der Waals surface area contributed by atoms with Crippen LogP contribution in [0.1, 0.15) is 0 Å². The molecule has 2 aromatic heterocycles. The van der Waals surface area contributed by atoms with Crippen LogP contribution in [0.4, 0.5) is 10.9 Å². The summed E-state index contributed by atoms with van der Waals surface area (Å²) in [6, 6.07) is 5.75. The maximum atomic E-state index is 4.23. The van der Waals surface area contributed by atoms with Crippen LogP contribution >= 0.6 is 23.1 Å². The predicted molar refractivity (Wildman–Crippen MR) is 61.4 cm³/mol. The van der Waals surface area contributed by atoms with Crippen LogP contribution in [0.25, 0.3) is 0 Å². The summed E-state index contributed by atoms with van der Waals surface area (Å²) in [6.07, 6.45) is 5.66.